The number of aliphatic hydroxyl groups excluding tert-OH is 1. The monoisotopic (exact) mass is 250 g/mol. The molecule has 0 saturated heterocycles. The zero-order valence-electron chi connectivity index (χ0n) is 10.9. The third kappa shape index (κ3) is 3.29. The highest BCUT2D eigenvalue weighted by molar-refractivity contribution is 5.31. The van der Waals surface area contributed by atoms with Gasteiger partial charge in [0.1, 0.15) is 0 Å². The summed E-state index contributed by atoms with van der Waals surface area (Å²) in [5, 5.41) is 16.3. The molecule has 0 bridgehead atoms. The highest BCUT2D eigenvalue weighted by atomic mass is 16.5. The number of ether oxygens (including phenoxy) is 1. The second-order valence-electron chi connectivity index (χ2n) is 4.72. The molecule has 100 valence electrons. The maximum absolute atomic E-state index is 9.35. The molecule has 4 heteroatoms. The Morgan fingerprint density at radius 1 is 1.50 bits per heavy atom. The lowest BCUT2D eigenvalue weighted by Crippen LogP contribution is -2.39. The van der Waals surface area contributed by atoms with E-state index < -0.39 is 0 Å². The third-order valence-corrected chi connectivity index (χ3v) is 3.38. The number of methoxy groups -OCH3 is 1. The minimum absolute atomic E-state index is 0.00819. The van der Waals surface area contributed by atoms with Crippen molar-refractivity contribution in [2.24, 2.45) is 0 Å². The van der Waals surface area contributed by atoms with E-state index in [4.69, 9.17) is 4.74 Å². The van der Waals surface area contributed by atoms with Crippen molar-refractivity contribution in [3.63, 3.8) is 0 Å². The van der Waals surface area contributed by atoms with E-state index in [1.165, 1.54) is 11.1 Å². The predicted molar refractivity (Wildman–Crippen MR) is 71.4 cm³/mol. The molecule has 1 aromatic rings. The number of fused-ring (bicyclic) bond motifs is 1. The Morgan fingerprint density at radius 3 is 3.11 bits per heavy atom. The predicted octanol–water partition coefficient (Wildman–Crippen LogP) is 0.818. The average Bonchev–Trinajstić information content (AvgIpc) is 2.61. The van der Waals surface area contributed by atoms with Crippen LogP contribution in [0.15, 0.2) is 24.3 Å². The van der Waals surface area contributed by atoms with Gasteiger partial charge < -0.3 is 20.5 Å². The minimum Gasteiger partial charge on any atom is -0.395 e. The van der Waals surface area contributed by atoms with E-state index in [1.807, 2.05) is 0 Å². The molecular formula is C14H22N2O2. The molecule has 2 unspecified atom stereocenters. The maximum atomic E-state index is 9.35. The van der Waals surface area contributed by atoms with Crippen LogP contribution in [0.4, 0.5) is 0 Å². The highest BCUT2D eigenvalue weighted by Crippen LogP contribution is 2.23. The molecule has 0 amide bonds. The maximum Gasteiger partial charge on any atom is 0.0638 e. The smallest absolute Gasteiger partial charge is 0.0638 e. The highest BCUT2D eigenvalue weighted by Gasteiger charge is 2.20. The van der Waals surface area contributed by atoms with Gasteiger partial charge in [0.25, 0.3) is 0 Å². The summed E-state index contributed by atoms with van der Waals surface area (Å²) in [5.74, 6) is 0. The van der Waals surface area contributed by atoms with Crippen molar-refractivity contribution in [1.82, 2.24) is 10.6 Å². The minimum atomic E-state index is -0.00819. The number of nitrogens with one attached hydrogen (secondary N) is 2. The molecular weight excluding hydrogens is 228 g/mol. The molecule has 0 saturated carbocycles. The van der Waals surface area contributed by atoms with Crippen LogP contribution in [0.5, 0.6) is 0 Å². The molecule has 18 heavy (non-hydrogen) atoms. The molecule has 2 atom stereocenters. The fourth-order valence-corrected chi connectivity index (χ4v) is 2.47. The van der Waals surface area contributed by atoms with Crippen LogP contribution in [-0.4, -0.2) is 38.0 Å². The Hall–Kier alpha value is -0.940. The lowest BCUT2D eigenvalue weighted by Gasteiger charge is -2.24. The molecule has 1 aliphatic rings. The van der Waals surface area contributed by atoms with Gasteiger partial charge in [-0.1, -0.05) is 24.3 Å². The summed E-state index contributed by atoms with van der Waals surface area (Å²) in [6, 6.07) is 8.74. The van der Waals surface area contributed by atoms with Crippen molar-refractivity contribution in [2.75, 3.05) is 26.9 Å². The largest absolute Gasteiger partial charge is 0.395 e. The van der Waals surface area contributed by atoms with Crippen molar-refractivity contribution < 1.29 is 9.84 Å². The molecule has 0 spiro atoms. The van der Waals surface area contributed by atoms with Crippen molar-refractivity contribution in [2.45, 2.75) is 25.0 Å². The first-order chi connectivity index (χ1) is 8.85. The summed E-state index contributed by atoms with van der Waals surface area (Å²) in [6.45, 7) is 2.53. The molecule has 0 radical (unpaired) electrons. The van der Waals surface area contributed by atoms with E-state index in [9.17, 15) is 5.11 Å². The summed E-state index contributed by atoms with van der Waals surface area (Å²) < 4.78 is 5.12. The second-order valence-corrected chi connectivity index (χ2v) is 4.72. The molecule has 4 nitrogen and oxygen atoms in total. The first-order valence-electron chi connectivity index (χ1n) is 6.49. The molecule has 1 heterocycles. The van der Waals surface area contributed by atoms with E-state index in [0.29, 0.717) is 6.61 Å². The second kappa shape index (κ2) is 6.85. The van der Waals surface area contributed by atoms with Gasteiger partial charge in [0.2, 0.25) is 0 Å². The molecule has 2 rings (SSSR count). The number of rotatable bonds is 5. The van der Waals surface area contributed by atoms with Gasteiger partial charge in [-0.3, -0.25) is 0 Å². The normalized spacial score (nSPS) is 21.1. The van der Waals surface area contributed by atoms with Gasteiger partial charge in [0.15, 0.2) is 0 Å². The fraction of sp³-hybridized carbons (Fsp3) is 0.571. The van der Waals surface area contributed by atoms with Crippen LogP contribution in [-0.2, 0) is 11.3 Å². The first-order valence-corrected chi connectivity index (χ1v) is 6.49. The Labute approximate surface area is 108 Å². The average molecular weight is 250 g/mol. The van der Waals surface area contributed by atoms with Gasteiger partial charge in [-0.2, -0.15) is 0 Å². The van der Waals surface area contributed by atoms with E-state index in [1.54, 1.807) is 7.11 Å². The molecule has 1 aliphatic heterocycles. The quantitative estimate of drug-likeness (QED) is 0.724. The summed E-state index contributed by atoms with van der Waals surface area (Å²) in [6.07, 6.45) is 1.03. The van der Waals surface area contributed by atoms with Crippen LogP contribution in [0.3, 0.4) is 0 Å². The van der Waals surface area contributed by atoms with Gasteiger partial charge in [0.05, 0.1) is 19.3 Å². The third-order valence-electron chi connectivity index (χ3n) is 3.38. The summed E-state index contributed by atoms with van der Waals surface area (Å²) in [5.41, 5.74) is 2.67. The topological polar surface area (TPSA) is 53.5 Å². The lowest BCUT2D eigenvalue weighted by atomic mass is 9.98. The van der Waals surface area contributed by atoms with Gasteiger partial charge in [-0.15, -0.1) is 0 Å². The SMILES string of the molecule is COCC(CO)NC1CCNCc2ccccc21. The molecule has 0 aromatic heterocycles. The Kier molecular flexibility index (Phi) is 5.13. The summed E-state index contributed by atoms with van der Waals surface area (Å²) in [7, 11) is 1.66. The van der Waals surface area contributed by atoms with E-state index in [0.717, 1.165) is 19.5 Å². The Bertz CT molecular complexity index is 371. The number of aliphatic hydroxyl groups is 1. The number of benzene rings is 1. The molecule has 3 N–H and O–H groups in total. The zero-order valence-corrected chi connectivity index (χ0v) is 10.9. The Morgan fingerprint density at radius 2 is 2.33 bits per heavy atom. The van der Waals surface area contributed by atoms with Crippen LogP contribution in [0.25, 0.3) is 0 Å². The van der Waals surface area contributed by atoms with Crippen LogP contribution in [0, 0.1) is 0 Å². The van der Waals surface area contributed by atoms with Crippen LogP contribution in [0.1, 0.15) is 23.6 Å². The van der Waals surface area contributed by atoms with Crippen molar-refractivity contribution in [1.29, 1.82) is 0 Å². The molecule has 0 fully saturated rings. The van der Waals surface area contributed by atoms with Crippen LogP contribution in [0.2, 0.25) is 0 Å². The van der Waals surface area contributed by atoms with E-state index in [2.05, 4.69) is 34.9 Å². The van der Waals surface area contributed by atoms with Crippen molar-refractivity contribution in [3.05, 3.63) is 35.4 Å². The standard InChI is InChI=1S/C14H22N2O2/c1-18-10-12(9-17)16-14-6-7-15-8-11-4-2-3-5-13(11)14/h2-5,12,14-17H,6-10H2,1H3. The van der Waals surface area contributed by atoms with Gasteiger partial charge in [-0.25, -0.2) is 0 Å². The van der Waals surface area contributed by atoms with Gasteiger partial charge in [0, 0.05) is 19.7 Å². The Balaban J connectivity index is 2.12. The van der Waals surface area contributed by atoms with Crippen molar-refractivity contribution >= 4 is 0 Å². The fourth-order valence-electron chi connectivity index (χ4n) is 2.47. The van der Waals surface area contributed by atoms with Crippen LogP contribution >= 0.6 is 0 Å². The van der Waals surface area contributed by atoms with E-state index >= 15 is 0 Å². The lowest BCUT2D eigenvalue weighted by molar-refractivity contribution is 0.121. The van der Waals surface area contributed by atoms with Gasteiger partial charge in [-0.05, 0) is 24.1 Å². The first kappa shape index (κ1) is 13.5. The van der Waals surface area contributed by atoms with E-state index in [-0.39, 0.29) is 18.7 Å². The summed E-state index contributed by atoms with van der Waals surface area (Å²) in [4.78, 5) is 0. The molecule has 1 aromatic carbocycles. The van der Waals surface area contributed by atoms with Gasteiger partial charge >= 0.3 is 0 Å². The number of hydrogen-bond acceptors (Lipinski definition) is 4. The number of hydrogen-bond donors (Lipinski definition) is 3. The zero-order chi connectivity index (χ0) is 12.8. The molecule has 0 aliphatic carbocycles. The van der Waals surface area contributed by atoms with Crippen LogP contribution < -0.4 is 10.6 Å². The van der Waals surface area contributed by atoms with Crippen molar-refractivity contribution in [3.8, 4) is 0 Å². The summed E-state index contributed by atoms with van der Waals surface area (Å²) >= 11 is 0.